The van der Waals surface area contributed by atoms with Crippen molar-refractivity contribution in [2.45, 2.75) is 32.1 Å². The van der Waals surface area contributed by atoms with Crippen molar-refractivity contribution in [1.82, 2.24) is 15.0 Å². The minimum absolute atomic E-state index is 0.836. The second kappa shape index (κ2) is 4.51. The Labute approximate surface area is 113 Å². The van der Waals surface area contributed by atoms with Gasteiger partial charge < -0.3 is 10.3 Å². The molecule has 3 unspecified atom stereocenters. The van der Waals surface area contributed by atoms with Gasteiger partial charge in [0.15, 0.2) is 0 Å². The molecule has 2 aromatic rings. The van der Waals surface area contributed by atoms with Gasteiger partial charge in [-0.25, -0.2) is 9.97 Å². The van der Waals surface area contributed by atoms with E-state index in [1.54, 1.807) is 6.33 Å². The van der Waals surface area contributed by atoms with E-state index in [-0.39, 0.29) is 0 Å². The molecular formula is C15H20N4. The smallest absolute Gasteiger partial charge is 0.142 e. The molecule has 100 valence electrons. The normalized spacial score (nSPS) is 29.8. The lowest BCUT2D eigenvalue weighted by Crippen LogP contribution is -2.25. The van der Waals surface area contributed by atoms with Gasteiger partial charge in [0, 0.05) is 12.7 Å². The van der Waals surface area contributed by atoms with E-state index in [0.717, 1.165) is 41.1 Å². The summed E-state index contributed by atoms with van der Waals surface area (Å²) in [4.78, 5) is 11.7. The Hall–Kier alpha value is -1.58. The van der Waals surface area contributed by atoms with Gasteiger partial charge in [0.05, 0.1) is 5.39 Å². The molecule has 2 aliphatic rings. The average molecular weight is 256 g/mol. The van der Waals surface area contributed by atoms with Crippen molar-refractivity contribution in [3.63, 3.8) is 0 Å². The third kappa shape index (κ3) is 1.99. The molecule has 4 heteroatoms. The van der Waals surface area contributed by atoms with Gasteiger partial charge >= 0.3 is 0 Å². The fraction of sp³-hybridized carbons (Fsp3) is 0.600. The third-order valence-corrected chi connectivity index (χ3v) is 5.08. The molecule has 3 atom stereocenters. The van der Waals surface area contributed by atoms with Crippen LogP contribution in [0.4, 0.5) is 5.82 Å². The Morgan fingerprint density at radius 1 is 1.21 bits per heavy atom. The lowest BCUT2D eigenvalue weighted by molar-refractivity contribution is 0.257. The van der Waals surface area contributed by atoms with Crippen LogP contribution in [0.5, 0.6) is 0 Å². The Morgan fingerprint density at radius 2 is 2.16 bits per heavy atom. The first-order valence-corrected chi connectivity index (χ1v) is 7.42. The molecule has 2 saturated carbocycles. The van der Waals surface area contributed by atoms with Gasteiger partial charge in [0.25, 0.3) is 0 Å². The fourth-order valence-electron chi connectivity index (χ4n) is 4.00. The number of H-pyrrole nitrogens is 1. The number of anilines is 1. The van der Waals surface area contributed by atoms with Gasteiger partial charge in [-0.3, -0.25) is 0 Å². The van der Waals surface area contributed by atoms with E-state index in [1.807, 2.05) is 12.3 Å². The van der Waals surface area contributed by atoms with Crippen molar-refractivity contribution in [1.29, 1.82) is 0 Å². The SMILES string of the molecule is c1nc(NCC2CCC3CCC2C3)c2cc[nH]c2n1. The monoisotopic (exact) mass is 256 g/mol. The first kappa shape index (κ1) is 11.3. The van der Waals surface area contributed by atoms with Gasteiger partial charge in [-0.2, -0.15) is 0 Å². The standard InChI is InChI=1S/C15H20N4/c1-3-11-7-10(1)2-4-12(11)8-17-15-13-5-6-16-14(13)18-9-19-15/h5-6,9-12H,1-4,7-8H2,(H2,16,17,18,19). The fourth-order valence-corrected chi connectivity index (χ4v) is 4.00. The lowest BCUT2D eigenvalue weighted by atomic mass is 9.80. The van der Waals surface area contributed by atoms with Crippen LogP contribution in [0, 0.1) is 17.8 Å². The molecule has 2 bridgehead atoms. The molecule has 2 fully saturated rings. The number of rotatable bonds is 3. The van der Waals surface area contributed by atoms with Gasteiger partial charge in [-0.15, -0.1) is 0 Å². The predicted molar refractivity (Wildman–Crippen MR) is 75.9 cm³/mol. The largest absolute Gasteiger partial charge is 0.369 e. The summed E-state index contributed by atoms with van der Waals surface area (Å²) in [5, 5.41) is 4.65. The number of aromatic nitrogens is 3. The van der Waals surface area contributed by atoms with Gasteiger partial charge in [0.1, 0.15) is 17.8 Å². The van der Waals surface area contributed by atoms with Crippen molar-refractivity contribution < 1.29 is 0 Å². The minimum Gasteiger partial charge on any atom is -0.369 e. The van der Waals surface area contributed by atoms with Crippen LogP contribution in [0.25, 0.3) is 11.0 Å². The molecule has 0 aliphatic heterocycles. The number of hydrogen-bond acceptors (Lipinski definition) is 3. The number of fused-ring (bicyclic) bond motifs is 3. The molecule has 2 aromatic heterocycles. The summed E-state index contributed by atoms with van der Waals surface area (Å²) in [6, 6.07) is 2.05. The molecule has 0 spiro atoms. The molecule has 2 heterocycles. The highest BCUT2D eigenvalue weighted by Crippen LogP contribution is 2.45. The van der Waals surface area contributed by atoms with E-state index in [4.69, 9.17) is 0 Å². The van der Waals surface area contributed by atoms with E-state index >= 15 is 0 Å². The third-order valence-electron chi connectivity index (χ3n) is 5.08. The van der Waals surface area contributed by atoms with Crippen molar-refractivity contribution in [2.24, 2.45) is 17.8 Å². The van der Waals surface area contributed by atoms with E-state index in [9.17, 15) is 0 Å². The first-order valence-electron chi connectivity index (χ1n) is 7.42. The van der Waals surface area contributed by atoms with Gasteiger partial charge in [0.2, 0.25) is 0 Å². The second-order valence-electron chi connectivity index (χ2n) is 6.12. The Bertz CT molecular complexity index is 576. The van der Waals surface area contributed by atoms with Crippen molar-refractivity contribution >= 4 is 16.9 Å². The number of nitrogens with one attached hydrogen (secondary N) is 2. The van der Waals surface area contributed by atoms with Gasteiger partial charge in [-0.05, 0) is 43.1 Å². The molecule has 2 aliphatic carbocycles. The van der Waals surface area contributed by atoms with E-state index in [2.05, 4.69) is 20.3 Å². The molecule has 4 rings (SSSR count). The molecular weight excluding hydrogens is 236 g/mol. The van der Waals surface area contributed by atoms with Crippen LogP contribution >= 0.6 is 0 Å². The summed E-state index contributed by atoms with van der Waals surface area (Å²) >= 11 is 0. The summed E-state index contributed by atoms with van der Waals surface area (Å²) in [5.41, 5.74) is 0.919. The zero-order valence-corrected chi connectivity index (χ0v) is 11.1. The van der Waals surface area contributed by atoms with E-state index in [1.165, 1.54) is 32.1 Å². The van der Waals surface area contributed by atoms with Crippen molar-refractivity contribution in [3.05, 3.63) is 18.6 Å². The maximum Gasteiger partial charge on any atom is 0.142 e. The highest BCUT2D eigenvalue weighted by molar-refractivity contribution is 5.86. The maximum absolute atomic E-state index is 4.38. The van der Waals surface area contributed by atoms with Crippen LogP contribution in [0.1, 0.15) is 32.1 Å². The highest BCUT2D eigenvalue weighted by atomic mass is 15.0. The van der Waals surface area contributed by atoms with Crippen LogP contribution in [-0.2, 0) is 0 Å². The van der Waals surface area contributed by atoms with Crippen LogP contribution in [0.15, 0.2) is 18.6 Å². The molecule has 4 nitrogen and oxygen atoms in total. The summed E-state index contributed by atoms with van der Waals surface area (Å²) in [6.07, 6.45) is 10.8. The first-order chi connectivity index (χ1) is 9.40. The van der Waals surface area contributed by atoms with Crippen LogP contribution in [-0.4, -0.2) is 21.5 Å². The molecule has 0 radical (unpaired) electrons. The summed E-state index contributed by atoms with van der Waals surface area (Å²) in [6.45, 7) is 1.06. The molecule has 2 N–H and O–H groups in total. The van der Waals surface area contributed by atoms with Gasteiger partial charge in [-0.1, -0.05) is 12.8 Å². The lowest BCUT2D eigenvalue weighted by Gasteiger charge is -2.29. The number of aromatic amines is 1. The van der Waals surface area contributed by atoms with Crippen LogP contribution in [0.2, 0.25) is 0 Å². The molecule has 19 heavy (non-hydrogen) atoms. The summed E-state index contributed by atoms with van der Waals surface area (Å²) < 4.78 is 0. The topological polar surface area (TPSA) is 53.6 Å². The second-order valence-corrected chi connectivity index (χ2v) is 6.12. The van der Waals surface area contributed by atoms with Crippen LogP contribution < -0.4 is 5.32 Å². The maximum atomic E-state index is 4.38. The Balaban J connectivity index is 1.48. The zero-order chi connectivity index (χ0) is 12.7. The summed E-state index contributed by atoms with van der Waals surface area (Å²) in [5.74, 6) is 3.81. The minimum atomic E-state index is 0.836. The Morgan fingerprint density at radius 3 is 3.16 bits per heavy atom. The quantitative estimate of drug-likeness (QED) is 0.886. The molecule has 0 amide bonds. The Kier molecular flexibility index (Phi) is 2.67. The summed E-state index contributed by atoms with van der Waals surface area (Å²) in [7, 11) is 0. The van der Waals surface area contributed by atoms with E-state index < -0.39 is 0 Å². The number of nitrogens with zero attached hydrogens (tertiary/aromatic N) is 2. The zero-order valence-electron chi connectivity index (χ0n) is 11.1. The van der Waals surface area contributed by atoms with Crippen molar-refractivity contribution in [2.75, 3.05) is 11.9 Å². The average Bonchev–Trinajstić information content (AvgIpc) is 3.05. The van der Waals surface area contributed by atoms with Crippen LogP contribution in [0.3, 0.4) is 0 Å². The number of hydrogen-bond donors (Lipinski definition) is 2. The van der Waals surface area contributed by atoms with E-state index in [0.29, 0.717) is 0 Å². The predicted octanol–water partition coefficient (Wildman–Crippen LogP) is 3.20. The molecule has 0 saturated heterocycles. The van der Waals surface area contributed by atoms with Crippen molar-refractivity contribution in [3.8, 4) is 0 Å². The molecule has 0 aromatic carbocycles. The highest BCUT2D eigenvalue weighted by Gasteiger charge is 2.35.